The number of benzene rings is 2. The molecule has 2 fully saturated rings. The SMILES string of the molecule is CN1CCCC(OC(=O)C[C@@H]2C[C@@H](COc3ccc(-c4ccc(C(=N)N)cc4)cc3)NC2=O)C1.Cl. The molecule has 0 aromatic heterocycles. The minimum atomic E-state index is -0.372. The van der Waals surface area contributed by atoms with Crippen molar-refractivity contribution in [3.8, 4) is 16.9 Å². The summed E-state index contributed by atoms with van der Waals surface area (Å²) >= 11 is 0. The first-order chi connectivity index (χ1) is 16.4. The van der Waals surface area contributed by atoms with Gasteiger partial charge in [-0.1, -0.05) is 36.4 Å². The van der Waals surface area contributed by atoms with Gasteiger partial charge in [-0.15, -0.1) is 12.4 Å². The number of amidine groups is 1. The number of carbonyl (C=O) groups is 2. The highest BCUT2D eigenvalue weighted by atomic mass is 35.5. The third-order valence-electron chi connectivity index (χ3n) is 6.41. The van der Waals surface area contributed by atoms with Crippen molar-refractivity contribution in [1.29, 1.82) is 5.41 Å². The number of halogens is 1. The number of rotatable bonds is 8. The van der Waals surface area contributed by atoms with E-state index in [1.807, 2.05) is 55.6 Å². The average molecular weight is 501 g/mol. The van der Waals surface area contributed by atoms with Crippen molar-refractivity contribution < 1.29 is 19.1 Å². The second kappa shape index (κ2) is 12.0. The summed E-state index contributed by atoms with van der Waals surface area (Å²) in [4.78, 5) is 26.8. The normalized spacial score (nSPS) is 22.1. The van der Waals surface area contributed by atoms with Crippen molar-refractivity contribution in [2.75, 3.05) is 26.7 Å². The zero-order chi connectivity index (χ0) is 24.1. The number of amides is 1. The van der Waals surface area contributed by atoms with E-state index in [1.54, 1.807) is 0 Å². The van der Waals surface area contributed by atoms with Gasteiger partial charge in [-0.3, -0.25) is 15.0 Å². The Morgan fingerprint density at radius 1 is 1.14 bits per heavy atom. The molecule has 0 radical (unpaired) electrons. The van der Waals surface area contributed by atoms with Gasteiger partial charge in [0.2, 0.25) is 5.91 Å². The number of carbonyl (C=O) groups excluding carboxylic acids is 2. The number of likely N-dealkylation sites (N-methyl/N-ethyl adjacent to an activating group) is 1. The summed E-state index contributed by atoms with van der Waals surface area (Å²) in [6.45, 7) is 2.12. The van der Waals surface area contributed by atoms with E-state index in [0.717, 1.165) is 37.1 Å². The number of likely N-dealkylation sites (tertiary alicyclic amines) is 1. The summed E-state index contributed by atoms with van der Waals surface area (Å²) in [5.41, 5.74) is 8.25. The molecule has 2 aromatic rings. The summed E-state index contributed by atoms with van der Waals surface area (Å²) in [5, 5.41) is 10.4. The van der Waals surface area contributed by atoms with Gasteiger partial charge in [0, 0.05) is 12.1 Å². The van der Waals surface area contributed by atoms with Crippen LogP contribution in [0.2, 0.25) is 0 Å². The van der Waals surface area contributed by atoms with Gasteiger partial charge in [0.05, 0.1) is 18.4 Å². The highest BCUT2D eigenvalue weighted by Crippen LogP contribution is 2.25. The Morgan fingerprint density at radius 3 is 2.43 bits per heavy atom. The van der Waals surface area contributed by atoms with Crippen LogP contribution in [0.1, 0.15) is 31.2 Å². The van der Waals surface area contributed by atoms with Gasteiger partial charge in [-0.05, 0) is 56.1 Å². The van der Waals surface area contributed by atoms with Crippen molar-refractivity contribution >= 4 is 30.1 Å². The smallest absolute Gasteiger partial charge is 0.306 e. The molecule has 0 aliphatic carbocycles. The number of hydrogen-bond acceptors (Lipinski definition) is 6. The molecule has 1 unspecified atom stereocenters. The van der Waals surface area contributed by atoms with Crippen molar-refractivity contribution in [3.63, 3.8) is 0 Å². The number of nitrogen functional groups attached to an aromatic ring is 1. The van der Waals surface area contributed by atoms with E-state index in [-0.39, 0.29) is 54.6 Å². The van der Waals surface area contributed by atoms with Crippen LogP contribution in [0.4, 0.5) is 0 Å². The minimum absolute atomic E-state index is 0. The van der Waals surface area contributed by atoms with E-state index in [0.29, 0.717) is 24.3 Å². The number of nitrogens with zero attached hydrogens (tertiary/aromatic N) is 1. The lowest BCUT2D eigenvalue weighted by Crippen LogP contribution is -2.38. The Bertz CT molecular complexity index is 1030. The van der Waals surface area contributed by atoms with Crippen molar-refractivity contribution in [1.82, 2.24) is 10.2 Å². The quantitative estimate of drug-likeness (QED) is 0.291. The van der Waals surface area contributed by atoms with Crippen LogP contribution >= 0.6 is 12.4 Å². The summed E-state index contributed by atoms with van der Waals surface area (Å²) in [5.74, 6) is -0.0273. The molecule has 0 saturated carbocycles. The van der Waals surface area contributed by atoms with Crippen LogP contribution in [-0.4, -0.2) is 61.5 Å². The number of nitrogens with two attached hydrogens (primary N) is 1. The van der Waals surface area contributed by atoms with E-state index in [4.69, 9.17) is 20.6 Å². The van der Waals surface area contributed by atoms with Crippen LogP contribution in [-0.2, 0) is 14.3 Å². The summed E-state index contributed by atoms with van der Waals surface area (Å²) in [6.07, 6.45) is 2.49. The van der Waals surface area contributed by atoms with Gasteiger partial charge >= 0.3 is 5.97 Å². The molecule has 4 N–H and O–H groups in total. The van der Waals surface area contributed by atoms with Crippen molar-refractivity contribution in [2.24, 2.45) is 11.7 Å². The first-order valence-electron chi connectivity index (χ1n) is 11.7. The lowest BCUT2D eigenvalue weighted by molar-refractivity contribution is -0.153. The fourth-order valence-corrected chi connectivity index (χ4v) is 4.55. The Labute approximate surface area is 212 Å². The van der Waals surface area contributed by atoms with Gasteiger partial charge in [0.25, 0.3) is 0 Å². The first-order valence-corrected chi connectivity index (χ1v) is 11.7. The van der Waals surface area contributed by atoms with Crippen LogP contribution in [0.15, 0.2) is 48.5 Å². The molecule has 2 saturated heterocycles. The van der Waals surface area contributed by atoms with E-state index in [9.17, 15) is 9.59 Å². The van der Waals surface area contributed by atoms with Crippen molar-refractivity contribution in [2.45, 2.75) is 37.8 Å². The van der Waals surface area contributed by atoms with Gasteiger partial charge in [0.1, 0.15) is 24.3 Å². The maximum Gasteiger partial charge on any atom is 0.306 e. The summed E-state index contributed by atoms with van der Waals surface area (Å²) in [6, 6.07) is 15.1. The van der Waals surface area contributed by atoms with Crippen molar-refractivity contribution in [3.05, 3.63) is 54.1 Å². The maximum atomic E-state index is 12.3. The molecule has 3 atom stereocenters. The second-order valence-corrected chi connectivity index (χ2v) is 9.19. The fourth-order valence-electron chi connectivity index (χ4n) is 4.55. The molecule has 35 heavy (non-hydrogen) atoms. The van der Waals surface area contributed by atoms with Gasteiger partial charge in [0.15, 0.2) is 0 Å². The number of esters is 1. The van der Waals surface area contributed by atoms with Gasteiger partial charge in [-0.25, -0.2) is 0 Å². The Morgan fingerprint density at radius 2 is 1.80 bits per heavy atom. The number of piperidine rings is 1. The number of ether oxygens (including phenoxy) is 2. The molecule has 188 valence electrons. The van der Waals surface area contributed by atoms with Gasteiger partial charge in [-0.2, -0.15) is 0 Å². The van der Waals surface area contributed by atoms with E-state index in [2.05, 4.69) is 10.2 Å². The molecule has 4 rings (SSSR count). The highest BCUT2D eigenvalue weighted by molar-refractivity contribution is 5.95. The molecular formula is C26H33ClN4O4. The zero-order valence-electron chi connectivity index (χ0n) is 19.9. The predicted molar refractivity (Wildman–Crippen MR) is 137 cm³/mol. The maximum absolute atomic E-state index is 12.3. The Hall–Kier alpha value is -3.10. The number of nitrogens with one attached hydrogen (secondary N) is 2. The van der Waals surface area contributed by atoms with Gasteiger partial charge < -0.3 is 25.4 Å². The largest absolute Gasteiger partial charge is 0.491 e. The Kier molecular flexibility index (Phi) is 9.12. The fraction of sp³-hybridized carbons (Fsp3) is 0.423. The molecule has 2 aliphatic heterocycles. The second-order valence-electron chi connectivity index (χ2n) is 9.19. The molecule has 2 heterocycles. The van der Waals surface area contributed by atoms with Crippen LogP contribution in [0, 0.1) is 11.3 Å². The lowest BCUT2D eigenvalue weighted by atomic mass is 10.0. The summed E-state index contributed by atoms with van der Waals surface area (Å²) in [7, 11) is 2.02. The molecule has 2 aliphatic rings. The van der Waals surface area contributed by atoms with Crippen LogP contribution < -0.4 is 15.8 Å². The number of hydrogen-bond donors (Lipinski definition) is 3. The predicted octanol–water partition coefficient (Wildman–Crippen LogP) is 2.97. The minimum Gasteiger partial charge on any atom is -0.491 e. The molecule has 0 spiro atoms. The molecule has 1 amide bonds. The highest BCUT2D eigenvalue weighted by Gasteiger charge is 2.35. The monoisotopic (exact) mass is 500 g/mol. The summed E-state index contributed by atoms with van der Waals surface area (Å²) < 4.78 is 11.5. The van der Waals surface area contributed by atoms with E-state index in [1.165, 1.54) is 0 Å². The average Bonchev–Trinajstić information content (AvgIpc) is 3.17. The lowest BCUT2D eigenvalue weighted by Gasteiger charge is -2.29. The van der Waals surface area contributed by atoms with Crippen LogP contribution in [0.25, 0.3) is 11.1 Å². The molecule has 2 aromatic carbocycles. The first kappa shape index (κ1) is 26.5. The standard InChI is InChI=1S/C26H32N4O4.ClH/c1-30-12-2-3-23(15-30)34-24(31)14-20-13-21(29-26(20)32)16-33-22-10-8-18(9-11-22)17-4-6-19(7-5-17)25(27)28;/h4-11,20-21,23H,2-3,12-16H2,1H3,(H3,27,28)(H,29,32);1H/t20-,21-,23?;/m0./s1. The molecule has 8 nitrogen and oxygen atoms in total. The van der Waals surface area contributed by atoms with Crippen LogP contribution in [0.3, 0.4) is 0 Å². The zero-order valence-corrected chi connectivity index (χ0v) is 20.7. The van der Waals surface area contributed by atoms with E-state index < -0.39 is 0 Å². The molecular weight excluding hydrogens is 468 g/mol. The third kappa shape index (κ3) is 7.19. The topological polar surface area (TPSA) is 118 Å². The van der Waals surface area contributed by atoms with E-state index >= 15 is 0 Å². The third-order valence-corrected chi connectivity index (χ3v) is 6.41. The molecule has 9 heteroatoms. The van der Waals surface area contributed by atoms with Crippen LogP contribution in [0.5, 0.6) is 5.75 Å². The Balaban J connectivity index is 0.00000342. The molecule has 0 bridgehead atoms.